The normalized spacial score (nSPS) is 13.9. The van der Waals surface area contributed by atoms with Gasteiger partial charge in [-0.3, -0.25) is 14.5 Å². The third-order valence-corrected chi connectivity index (χ3v) is 2.71. The molecule has 18 heavy (non-hydrogen) atoms. The lowest BCUT2D eigenvalue weighted by Crippen LogP contribution is -2.35. The zero-order chi connectivity index (χ0) is 12.4. The number of pyridine rings is 1. The molecule has 0 aromatic carbocycles. The topological polar surface area (TPSA) is 69.0 Å². The maximum absolute atomic E-state index is 11.6. The highest BCUT2D eigenvalue weighted by Gasteiger charge is 2.19. The number of carbonyl (C=O) groups excluding carboxylic acids is 1. The number of ether oxygens (including phenoxy) is 1. The molecule has 0 aliphatic carbocycles. The molecule has 92 valence electrons. The summed E-state index contributed by atoms with van der Waals surface area (Å²) in [6.45, 7) is 1.67. The minimum atomic E-state index is -0.0797. The van der Waals surface area contributed by atoms with Crippen molar-refractivity contribution in [3.63, 3.8) is 0 Å². The molecule has 0 saturated carbocycles. The Hall–Kier alpha value is -2.37. The van der Waals surface area contributed by atoms with E-state index in [9.17, 15) is 4.79 Å². The Morgan fingerprint density at radius 2 is 2.22 bits per heavy atom. The van der Waals surface area contributed by atoms with Crippen LogP contribution in [0.15, 0.2) is 30.6 Å². The lowest BCUT2D eigenvalue weighted by Gasteiger charge is -2.13. The van der Waals surface area contributed by atoms with Gasteiger partial charge in [0.05, 0.1) is 6.54 Å². The standard InChI is InChI=1S/C12H12N4O2/c17-12-11-7-9(15-16(11)6-5-14-12)8-18-10-1-3-13-4-2-10/h1-4,7H,5-6,8H2,(H,14,17). The second kappa shape index (κ2) is 4.48. The van der Waals surface area contributed by atoms with Crippen LogP contribution in [0, 0.1) is 0 Å². The number of amides is 1. The zero-order valence-electron chi connectivity index (χ0n) is 9.67. The van der Waals surface area contributed by atoms with Crippen LogP contribution >= 0.6 is 0 Å². The van der Waals surface area contributed by atoms with E-state index in [1.54, 1.807) is 35.3 Å². The van der Waals surface area contributed by atoms with E-state index < -0.39 is 0 Å². The van der Waals surface area contributed by atoms with E-state index >= 15 is 0 Å². The molecule has 0 spiro atoms. The largest absolute Gasteiger partial charge is 0.487 e. The Morgan fingerprint density at radius 3 is 3.00 bits per heavy atom. The van der Waals surface area contributed by atoms with Gasteiger partial charge in [0.2, 0.25) is 0 Å². The first-order valence-corrected chi connectivity index (χ1v) is 5.71. The van der Waals surface area contributed by atoms with Gasteiger partial charge in [-0.05, 0) is 18.2 Å². The van der Waals surface area contributed by atoms with Crippen LogP contribution in [0.2, 0.25) is 0 Å². The van der Waals surface area contributed by atoms with Crippen LogP contribution < -0.4 is 10.1 Å². The van der Waals surface area contributed by atoms with Gasteiger partial charge in [0.1, 0.15) is 23.7 Å². The van der Waals surface area contributed by atoms with Crippen molar-refractivity contribution in [2.24, 2.45) is 0 Å². The van der Waals surface area contributed by atoms with E-state index in [4.69, 9.17) is 4.74 Å². The monoisotopic (exact) mass is 244 g/mol. The smallest absolute Gasteiger partial charge is 0.269 e. The predicted molar refractivity (Wildman–Crippen MR) is 63.1 cm³/mol. The molecule has 0 saturated heterocycles. The van der Waals surface area contributed by atoms with Gasteiger partial charge in [-0.2, -0.15) is 5.10 Å². The Morgan fingerprint density at radius 1 is 1.39 bits per heavy atom. The summed E-state index contributed by atoms with van der Waals surface area (Å²) in [7, 11) is 0. The van der Waals surface area contributed by atoms with Crippen LogP contribution in [-0.2, 0) is 13.2 Å². The summed E-state index contributed by atoms with van der Waals surface area (Å²) in [6.07, 6.45) is 3.34. The molecule has 3 rings (SSSR count). The predicted octanol–water partition coefficient (Wildman–Crippen LogP) is 0.600. The van der Waals surface area contributed by atoms with Gasteiger partial charge >= 0.3 is 0 Å². The lowest BCUT2D eigenvalue weighted by atomic mass is 10.3. The van der Waals surface area contributed by atoms with Gasteiger partial charge in [0.15, 0.2) is 0 Å². The molecular weight excluding hydrogens is 232 g/mol. The highest BCUT2D eigenvalue weighted by Crippen LogP contribution is 2.12. The van der Waals surface area contributed by atoms with Crippen molar-refractivity contribution in [2.75, 3.05) is 6.54 Å². The first kappa shape index (κ1) is 10.8. The van der Waals surface area contributed by atoms with E-state index in [2.05, 4.69) is 15.4 Å². The van der Waals surface area contributed by atoms with Crippen molar-refractivity contribution >= 4 is 5.91 Å². The van der Waals surface area contributed by atoms with Gasteiger partial charge in [0.25, 0.3) is 5.91 Å². The van der Waals surface area contributed by atoms with E-state index in [0.717, 1.165) is 11.4 Å². The number of hydrogen-bond acceptors (Lipinski definition) is 4. The van der Waals surface area contributed by atoms with Crippen LogP contribution in [0.5, 0.6) is 5.75 Å². The molecular formula is C12H12N4O2. The third-order valence-electron chi connectivity index (χ3n) is 2.71. The summed E-state index contributed by atoms with van der Waals surface area (Å²) < 4.78 is 7.27. The molecule has 6 heteroatoms. The summed E-state index contributed by atoms with van der Waals surface area (Å²) in [6, 6.07) is 5.32. The van der Waals surface area contributed by atoms with Crippen LogP contribution in [0.3, 0.4) is 0 Å². The number of carbonyl (C=O) groups is 1. The molecule has 1 aliphatic heterocycles. The maximum atomic E-state index is 11.6. The van der Waals surface area contributed by atoms with Crippen molar-refractivity contribution in [3.8, 4) is 5.75 Å². The number of nitrogens with zero attached hydrogens (tertiary/aromatic N) is 3. The summed E-state index contributed by atoms with van der Waals surface area (Å²) in [5, 5.41) is 7.11. The summed E-state index contributed by atoms with van der Waals surface area (Å²) in [5.74, 6) is 0.657. The van der Waals surface area contributed by atoms with E-state index in [0.29, 0.717) is 25.4 Å². The van der Waals surface area contributed by atoms with Crippen LogP contribution in [0.25, 0.3) is 0 Å². The van der Waals surface area contributed by atoms with Crippen molar-refractivity contribution in [1.29, 1.82) is 0 Å². The van der Waals surface area contributed by atoms with Crippen LogP contribution in [0.1, 0.15) is 16.2 Å². The number of aromatic nitrogens is 3. The summed E-state index contributed by atoms with van der Waals surface area (Å²) >= 11 is 0. The Balaban J connectivity index is 1.72. The third kappa shape index (κ3) is 2.04. The van der Waals surface area contributed by atoms with Gasteiger partial charge in [-0.25, -0.2) is 0 Å². The average Bonchev–Trinajstić information content (AvgIpc) is 2.82. The van der Waals surface area contributed by atoms with Crippen molar-refractivity contribution in [2.45, 2.75) is 13.2 Å². The minimum absolute atomic E-state index is 0.0797. The Kier molecular flexibility index (Phi) is 2.68. The Labute approximate surface area is 104 Å². The van der Waals surface area contributed by atoms with Crippen molar-refractivity contribution in [1.82, 2.24) is 20.1 Å². The average molecular weight is 244 g/mol. The Bertz CT molecular complexity index is 565. The fraction of sp³-hybridized carbons (Fsp3) is 0.250. The number of hydrogen-bond donors (Lipinski definition) is 1. The van der Waals surface area contributed by atoms with Crippen LogP contribution in [-0.4, -0.2) is 27.2 Å². The molecule has 1 amide bonds. The second-order valence-electron chi connectivity index (χ2n) is 3.97. The maximum Gasteiger partial charge on any atom is 0.269 e. The van der Waals surface area contributed by atoms with Crippen molar-refractivity contribution < 1.29 is 9.53 Å². The first-order valence-electron chi connectivity index (χ1n) is 5.71. The van der Waals surface area contributed by atoms with Gasteiger partial charge in [-0.15, -0.1) is 0 Å². The summed E-state index contributed by atoms with van der Waals surface area (Å²) in [5.41, 5.74) is 1.34. The molecule has 0 unspecified atom stereocenters. The molecule has 0 radical (unpaired) electrons. The minimum Gasteiger partial charge on any atom is -0.487 e. The fourth-order valence-electron chi connectivity index (χ4n) is 1.85. The molecule has 0 fully saturated rings. The number of rotatable bonds is 3. The zero-order valence-corrected chi connectivity index (χ0v) is 9.67. The molecule has 2 aromatic heterocycles. The van der Waals surface area contributed by atoms with Gasteiger partial charge in [-0.1, -0.05) is 0 Å². The van der Waals surface area contributed by atoms with Crippen LogP contribution in [0.4, 0.5) is 0 Å². The molecule has 0 bridgehead atoms. The molecule has 1 aliphatic rings. The summed E-state index contributed by atoms with van der Waals surface area (Å²) in [4.78, 5) is 15.5. The lowest BCUT2D eigenvalue weighted by molar-refractivity contribution is 0.0924. The van der Waals surface area contributed by atoms with Gasteiger partial charge < -0.3 is 10.1 Å². The number of nitrogens with one attached hydrogen (secondary N) is 1. The second-order valence-corrected chi connectivity index (χ2v) is 3.97. The number of fused-ring (bicyclic) bond motifs is 1. The van der Waals surface area contributed by atoms with E-state index in [1.165, 1.54) is 0 Å². The van der Waals surface area contributed by atoms with Gasteiger partial charge in [0, 0.05) is 18.9 Å². The van der Waals surface area contributed by atoms with E-state index in [1.807, 2.05) is 0 Å². The fourth-order valence-corrected chi connectivity index (χ4v) is 1.85. The molecule has 3 heterocycles. The molecule has 6 nitrogen and oxygen atoms in total. The van der Waals surface area contributed by atoms with E-state index in [-0.39, 0.29) is 5.91 Å². The highest BCUT2D eigenvalue weighted by atomic mass is 16.5. The molecule has 2 aromatic rings. The van der Waals surface area contributed by atoms with Crippen molar-refractivity contribution in [3.05, 3.63) is 42.0 Å². The highest BCUT2D eigenvalue weighted by molar-refractivity contribution is 5.93. The quantitative estimate of drug-likeness (QED) is 0.858. The first-order chi connectivity index (χ1) is 8.83. The SMILES string of the molecule is O=C1NCCn2nc(COc3ccncc3)cc21. The molecule has 1 N–H and O–H groups in total. The molecule has 0 atom stereocenters.